The summed E-state index contributed by atoms with van der Waals surface area (Å²) in [4.78, 5) is 0. The van der Waals surface area contributed by atoms with Gasteiger partial charge in [0.1, 0.15) is 5.75 Å². The molecule has 0 radical (unpaired) electrons. The first-order chi connectivity index (χ1) is 5.49. The number of hydrogen-bond donors (Lipinski definition) is 2. The fraction of sp³-hybridized carbons (Fsp3) is 0.143. The number of nitrogens with two attached hydrogens (primary N) is 1. The number of nitrogen functional groups attached to an aromatic ring is 1. The normalized spacial score (nSPS) is 10.5. The van der Waals surface area contributed by atoms with Crippen molar-refractivity contribution in [1.29, 1.82) is 0 Å². The van der Waals surface area contributed by atoms with Gasteiger partial charge in [0.15, 0.2) is 0 Å². The summed E-state index contributed by atoms with van der Waals surface area (Å²) in [5.41, 5.74) is 6.24. The van der Waals surface area contributed by atoms with E-state index >= 15 is 0 Å². The molecular weight excluding hydrogens is 201 g/mol. The number of benzene rings is 1. The first kappa shape index (κ1) is 12.9. The van der Waals surface area contributed by atoms with Crippen LogP contribution in [0.5, 0.6) is 0 Å². The van der Waals surface area contributed by atoms with E-state index in [-0.39, 0.29) is 31.0 Å². The number of anilines is 1. The van der Waals surface area contributed by atoms with Crippen LogP contribution >= 0.6 is 0 Å². The molecule has 3 N–H and O–H groups in total. The van der Waals surface area contributed by atoms with Crippen molar-refractivity contribution in [3.63, 3.8) is 0 Å². The Labute approximate surface area is 101 Å². The maximum Gasteiger partial charge on any atom is 1.00 e. The summed E-state index contributed by atoms with van der Waals surface area (Å²) in [5, 5.41) is 0. The molecule has 0 saturated carbocycles. The van der Waals surface area contributed by atoms with Crippen LogP contribution in [-0.4, -0.2) is 13.0 Å². The van der Waals surface area contributed by atoms with E-state index in [9.17, 15) is 8.42 Å². The number of rotatable bonds is 2. The molecule has 0 aliphatic rings. The summed E-state index contributed by atoms with van der Waals surface area (Å²) in [6.07, 6.45) is 0. The van der Waals surface area contributed by atoms with Crippen molar-refractivity contribution < 1.29 is 44.0 Å². The topological polar surface area (TPSA) is 80.4 Å². The molecule has 4 nitrogen and oxygen atoms in total. The van der Waals surface area contributed by atoms with E-state index in [4.69, 9.17) is 10.3 Å². The summed E-state index contributed by atoms with van der Waals surface area (Å²) in [5.74, 6) is -0.431. The van der Waals surface area contributed by atoms with Gasteiger partial charge in [-0.1, -0.05) is 18.2 Å². The Morgan fingerprint density at radius 3 is 2.38 bits per heavy atom. The van der Waals surface area contributed by atoms with Gasteiger partial charge in [-0.25, -0.2) is 0 Å². The molecule has 0 aliphatic heterocycles. The van der Waals surface area contributed by atoms with E-state index in [1.807, 2.05) is 0 Å². The van der Waals surface area contributed by atoms with E-state index < -0.39 is 15.9 Å². The Bertz CT molecular complexity index is 382. The minimum Gasteiger partial charge on any atom is -1.00 e. The molecular formula is C7H10NNaO3S. The molecule has 0 aliphatic carbocycles. The summed E-state index contributed by atoms with van der Waals surface area (Å²) in [7, 11) is -3.98. The second kappa shape index (κ2) is 4.97. The maximum absolute atomic E-state index is 10.5. The second-order valence-electron chi connectivity index (χ2n) is 2.43. The number of para-hydroxylation sites is 1. The first-order valence-corrected chi connectivity index (χ1v) is 4.88. The summed E-state index contributed by atoms with van der Waals surface area (Å²) in [6.45, 7) is 0. The third kappa shape index (κ3) is 4.64. The van der Waals surface area contributed by atoms with Crippen molar-refractivity contribution in [3.05, 3.63) is 29.8 Å². The molecule has 0 unspecified atom stereocenters. The Balaban J connectivity index is 0. The molecule has 0 fully saturated rings. The number of hydrogen-bond acceptors (Lipinski definition) is 3. The van der Waals surface area contributed by atoms with Crippen LogP contribution in [0.4, 0.5) is 5.69 Å². The largest absolute Gasteiger partial charge is 1.00 e. The van der Waals surface area contributed by atoms with Crippen molar-refractivity contribution in [2.24, 2.45) is 0 Å². The Morgan fingerprint density at radius 1 is 1.38 bits per heavy atom. The monoisotopic (exact) mass is 211 g/mol. The van der Waals surface area contributed by atoms with E-state index in [1.54, 1.807) is 24.3 Å². The van der Waals surface area contributed by atoms with Gasteiger partial charge in [-0.2, -0.15) is 8.42 Å². The van der Waals surface area contributed by atoms with Gasteiger partial charge in [0.05, 0.1) is 0 Å². The maximum atomic E-state index is 10.5. The third-order valence-corrected chi connectivity index (χ3v) is 2.07. The van der Waals surface area contributed by atoms with E-state index in [1.165, 1.54) is 0 Å². The minimum atomic E-state index is -3.98. The van der Waals surface area contributed by atoms with E-state index in [0.29, 0.717) is 11.3 Å². The van der Waals surface area contributed by atoms with Gasteiger partial charge in [0.2, 0.25) is 0 Å². The average molecular weight is 211 g/mol. The van der Waals surface area contributed by atoms with Crippen LogP contribution in [0.25, 0.3) is 0 Å². The van der Waals surface area contributed by atoms with Crippen LogP contribution in [0, 0.1) is 0 Å². The van der Waals surface area contributed by atoms with Gasteiger partial charge in [-0.3, -0.25) is 4.55 Å². The zero-order valence-electron chi connectivity index (χ0n) is 8.27. The van der Waals surface area contributed by atoms with Crippen LogP contribution in [0.1, 0.15) is 6.99 Å². The fourth-order valence-electron chi connectivity index (χ4n) is 0.862. The predicted octanol–water partition coefficient (Wildman–Crippen LogP) is -2.23. The van der Waals surface area contributed by atoms with Gasteiger partial charge in [-0.15, -0.1) is 0 Å². The van der Waals surface area contributed by atoms with Crippen LogP contribution in [0.2, 0.25) is 0 Å². The predicted molar refractivity (Wildman–Crippen MR) is 47.2 cm³/mol. The molecule has 0 atom stereocenters. The van der Waals surface area contributed by atoms with Crippen LogP contribution in [0.3, 0.4) is 0 Å². The van der Waals surface area contributed by atoms with E-state index in [2.05, 4.69) is 0 Å². The molecule has 68 valence electrons. The molecule has 0 spiro atoms. The SMILES string of the molecule is Nc1ccccc1CS(=O)(=O)O.[H-].[Na+]. The molecule has 0 amide bonds. The minimum absolute atomic E-state index is 0. The zero-order chi connectivity index (χ0) is 9.19. The molecule has 1 aromatic carbocycles. The summed E-state index contributed by atoms with van der Waals surface area (Å²) in [6, 6.07) is 6.50. The van der Waals surface area contributed by atoms with Crippen LogP contribution in [-0.2, 0) is 15.9 Å². The molecule has 1 aromatic rings. The zero-order valence-corrected chi connectivity index (χ0v) is 10.1. The summed E-state index contributed by atoms with van der Waals surface area (Å²) >= 11 is 0. The smallest absolute Gasteiger partial charge is 1.00 e. The average Bonchev–Trinajstić information content (AvgIpc) is 1.91. The van der Waals surface area contributed by atoms with Crippen molar-refractivity contribution in [3.8, 4) is 0 Å². The molecule has 0 aromatic heterocycles. The molecule has 0 heterocycles. The fourth-order valence-corrected chi connectivity index (χ4v) is 1.52. The first-order valence-electron chi connectivity index (χ1n) is 3.27. The van der Waals surface area contributed by atoms with Crippen LogP contribution in [0.15, 0.2) is 24.3 Å². The second-order valence-corrected chi connectivity index (χ2v) is 3.88. The molecule has 0 bridgehead atoms. The quantitative estimate of drug-likeness (QED) is 0.330. The molecule has 0 saturated heterocycles. The van der Waals surface area contributed by atoms with Gasteiger partial charge in [0, 0.05) is 5.69 Å². The Kier molecular flexibility index (Phi) is 4.95. The summed E-state index contributed by atoms with van der Waals surface area (Å²) < 4.78 is 29.4. The molecule has 6 heteroatoms. The third-order valence-electron chi connectivity index (χ3n) is 1.39. The van der Waals surface area contributed by atoms with Crippen molar-refractivity contribution in [1.82, 2.24) is 0 Å². The van der Waals surface area contributed by atoms with Gasteiger partial charge >= 0.3 is 29.6 Å². The standard InChI is InChI=1S/C7H9NO3S.Na.H/c8-7-4-2-1-3-6(7)5-12(9,10)11;;/h1-4H,5,8H2,(H,9,10,11);;/q;+1;-1. The van der Waals surface area contributed by atoms with Crippen molar-refractivity contribution >= 4 is 15.8 Å². The van der Waals surface area contributed by atoms with Gasteiger partial charge in [-0.05, 0) is 11.6 Å². The molecule has 13 heavy (non-hydrogen) atoms. The van der Waals surface area contributed by atoms with Crippen molar-refractivity contribution in [2.75, 3.05) is 5.73 Å². The van der Waals surface area contributed by atoms with Crippen molar-refractivity contribution in [2.45, 2.75) is 5.75 Å². The van der Waals surface area contributed by atoms with Gasteiger partial charge < -0.3 is 7.16 Å². The van der Waals surface area contributed by atoms with Gasteiger partial charge in [0.25, 0.3) is 10.1 Å². The van der Waals surface area contributed by atoms with E-state index in [0.717, 1.165) is 0 Å². The Morgan fingerprint density at radius 2 is 1.92 bits per heavy atom. The molecule has 1 rings (SSSR count). The van der Waals surface area contributed by atoms with Crippen LogP contribution < -0.4 is 35.3 Å². The Hall–Kier alpha value is -0.0700.